The van der Waals surface area contributed by atoms with Gasteiger partial charge in [-0.15, -0.1) is 0 Å². The molecule has 0 aliphatic carbocycles. The highest BCUT2D eigenvalue weighted by molar-refractivity contribution is 6.06. The number of pyridine rings is 1. The van der Waals surface area contributed by atoms with Crippen molar-refractivity contribution < 1.29 is 14.3 Å². The molecular weight excluding hydrogens is 478 g/mol. The number of anilines is 3. The number of hydrogen-bond donors (Lipinski definition) is 3. The number of aromatic nitrogens is 1. The molecule has 0 bridgehead atoms. The normalized spacial score (nSPS) is 14.6. The summed E-state index contributed by atoms with van der Waals surface area (Å²) in [6.45, 7) is 1.71. The van der Waals surface area contributed by atoms with Crippen LogP contribution in [0.15, 0.2) is 97.3 Å². The van der Waals surface area contributed by atoms with Gasteiger partial charge in [0.05, 0.1) is 17.4 Å². The van der Waals surface area contributed by atoms with Crippen LogP contribution < -0.4 is 21.3 Å². The van der Waals surface area contributed by atoms with E-state index in [4.69, 9.17) is 10.5 Å². The predicted octanol–water partition coefficient (Wildman–Crippen LogP) is 5.09. The van der Waals surface area contributed by atoms with Crippen molar-refractivity contribution in [1.82, 2.24) is 10.3 Å². The molecule has 1 fully saturated rings. The van der Waals surface area contributed by atoms with Gasteiger partial charge in [-0.1, -0.05) is 36.4 Å². The lowest BCUT2D eigenvalue weighted by atomic mass is 10.1. The van der Waals surface area contributed by atoms with Crippen LogP contribution in [0.3, 0.4) is 0 Å². The zero-order valence-corrected chi connectivity index (χ0v) is 20.8. The molecule has 0 unspecified atom stereocenters. The molecule has 8 nitrogen and oxygen atoms in total. The maximum Gasteiger partial charge on any atom is 0.407 e. The molecule has 38 heavy (non-hydrogen) atoms. The van der Waals surface area contributed by atoms with Gasteiger partial charge in [-0.2, -0.15) is 0 Å². The molecular formula is C30H29N5O3. The Bertz CT molecular complexity index is 1390. The molecule has 1 saturated heterocycles. The molecule has 2 heterocycles. The third-order valence-corrected chi connectivity index (χ3v) is 6.53. The summed E-state index contributed by atoms with van der Waals surface area (Å²) in [7, 11) is 0. The molecule has 4 aromatic rings. The van der Waals surface area contributed by atoms with E-state index in [0.29, 0.717) is 23.5 Å². The zero-order chi connectivity index (χ0) is 26.3. The lowest BCUT2D eigenvalue weighted by Crippen LogP contribution is -2.37. The number of nitrogens with zero attached hydrogens (tertiary/aromatic N) is 2. The van der Waals surface area contributed by atoms with E-state index in [0.717, 1.165) is 35.3 Å². The van der Waals surface area contributed by atoms with E-state index >= 15 is 0 Å². The summed E-state index contributed by atoms with van der Waals surface area (Å²) < 4.78 is 5.34. The van der Waals surface area contributed by atoms with Gasteiger partial charge in [0.2, 0.25) is 0 Å². The van der Waals surface area contributed by atoms with Crippen molar-refractivity contribution in [3.05, 3.63) is 108 Å². The van der Waals surface area contributed by atoms with Crippen molar-refractivity contribution in [1.29, 1.82) is 0 Å². The first kappa shape index (κ1) is 24.8. The average Bonchev–Trinajstić information content (AvgIpc) is 3.42. The summed E-state index contributed by atoms with van der Waals surface area (Å²) in [6, 6.07) is 26.4. The molecule has 2 amide bonds. The Morgan fingerprint density at radius 3 is 2.47 bits per heavy atom. The Morgan fingerprint density at radius 1 is 0.947 bits per heavy atom. The Balaban J connectivity index is 1.15. The Labute approximate surface area is 221 Å². The summed E-state index contributed by atoms with van der Waals surface area (Å²) in [6.07, 6.45) is 3.85. The number of nitrogens with one attached hydrogen (secondary N) is 2. The van der Waals surface area contributed by atoms with Crippen molar-refractivity contribution in [3.8, 4) is 11.1 Å². The van der Waals surface area contributed by atoms with Crippen LogP contribution in [0.1, 0.15) is 22.3 Å². The van der Waals surface area contributed by atoms with Crippen LogP contribution in [-0.4, -0.2) is 36.1 Å². The van der Waals surface area contributed by atoms with Gasteiger partial charge in [-0.3, -0.25) is 9.78 Å². The molecule has 1 atom stereocenters. The fourth-order valence-corrected chi connectivity index (χ4v) is 4.45. The Morgan fingerprint density at radius 2 is 1.71 bits per heavy atom. The number of carbonyl (C=O) groups is 2. The standard InChI is InChI=1S/C30H29N5O3/c31-27-11-8-24(22-12-15-32-16-13-22)18-28(27)34-29(36)23-6-9-26(10-7-23)35-17-14-25(19-35)33-30(37)38-20-21-4-2-1-3-5-21/h1-13,15-16,18,25H,14,17,19-20,31H2,(H,33,37)(H,34,36)/t25-/m0/s1. The topological polar surface area (TPSA) is 110 Å². The van der Waals surface area contributed by atoms with Gasteiger partial charge in [0.15, 0.2) is 0 Å². The zero-order valence-electron chi connectivity index (χ0n) is 20.8. The smallest absolute Gasteiger partial charge is 0.407 e. The molecule has 4 N–H and O–H groups in total. The van der Waals surface area contributed by atoms with Crippen LogP contribution in [0.4, 0.5) is 21.9 Å². The summed E-state index contributed by atoms with van der Waals surface area (Å²) in [5.74, 6) is -0.239. The van der Waals surface area contributed by atoms with Gasteiger partial charge in [-0.25, -0.2) is 4.79 Å². The average molecular weight is 508 g/mol. The van der Waals surface area contributed by atoms with E-state index in [9.17, 15) is 9.59 Å². The minimum absolute atomic E-state index is 0.00287. The van der Waals surface area contributed by atoms with Crippen LogP contribution >= 0.6 is 0 Å². The molecule has 192 valence electrons. The van der Waals surface area contributed by atoms with Crippen molar-refractivity contribution in [3.63, 3.8) is 0 Å². The number of nitrogen functional groups attached to an aromatic ring is 1. The van der Waals surface area contributed by atoms with Crippen LogP contribution in [-0.2, 0) is 11.3 Å². The molecule has 1 aliphatic rings. The van der Waals surface area contributed by atoms with Gasteiger partial charge >= 0.3 is 6.09 Å². The minimum Gasteiger partial charge on any atom is -0.445 e. The first-order valence-electron chi connectivity index (χ1n) is 12.5. The van der Waals surface area contributed by atoms with Gasteiger partial charge in [-0.05, 0) is 71.6 Å². The highest BCUT2D eigenvalue weighted by Gasteiger charge is 2.25. The molecule has 0 spiro atoms. The maximum atomic E-state index is 12.9. The maximum absolute atomic E-state index is 12.9. The molecule has 1 aromatic heterocycles. The second-order valence-corrected chi connectivity index (χ2v) is 9.18. The van der Waals surface area contributed by atoms with Gasteiger partial charge in [0.25, 0.3) is 5.91 Å². The number of benzene rings is 3. The third-order valence-electron chi connectivity index (χ3n) is 6.53. The van der Waals surface area contributed by atoms with Crippen molar-refractivity contribution in [2.75, 3.05) is 29.0 Å². The van der Waals surface area contributed by atoms with E-state index in [2.05, 4.69) is 20.5 Å². The van der Waals surface area contributed by atoms with Gasteiger partial charge in [0, 0.05) is 36.7 Å². The second-order valence-electron chi connectivity index (χ2n) is 9.18. The lowest BCUT2D eigenvalue weighted by Gasteiger charge is -2.19. The quantitative estimate of drug-likeness (QED) is 0.301. The molecule has 1 aliphatic heterocycles. The number of hydrogen-bond acceptors (Lipinski definition) is 6. The van der Waals surface area contributed by atoms with Crippen LogP contribution in [0.2, 0.25) is 0 Å². The molecule has 3 aromatic carbocycles. The number of alkyl carbamates (subject to hydrolysis) is 1. The van der Waals surface area contributed by atoms with Gasteiger partial charge in [0.1, 0.15) is 6.61 Å². The SMILES string of the molecule is Nc1ccc(-c2ccncc2)cc1NC(=O)c1ccc(N2CC[C@H](NC(=O)OCc3ccccc3)C2)cc1. The summed E-state index contributed by atoms with van der Waals surface area (Å²) in [5, 5.41) is 5.87. The number of nitrogens with two attached hydrogens (primary N) is 1. The van der Waals surface area contributed by atoms with Crippen molar-refractivity contribution in [2.45, 2.75) is 19.1 Å². The minimum atomic E-state index is -0.417. The van der Waals surface area contributed by atoms with Gasteiger partial charge < -0.3 is 26.0 Å². The fraction of sp³-hybridized carbons (Fsp3) is 0.167. The highest BCUT2D eigenvalue weighted by Crippen LogP contribution is 2.28. The molecule has 8 heteroatoms. The van der Waals surface area contributed by atoms with Crippen LogP contribution in [0.5, 0.6) is 0 Å². The number of amides is 2. The summed E-state index contributed by atoms with van der Waals surface area (Å²) in [4.78, 5) is 31.4. The van der Waals surface area contributed by atoms with Crippen LogP contribution in [0.25, 0.3) is 11.1 Å². The molecule has 0 saturated carbocycles. The first-order chi connectivity index (χ1) is 18.5. The number of ether oxygens (including phenoxy) is 1. The molecule has 5 rings (SSSR count). The van der Waals surface area contributed by atoms with E-state index in [-0.39, 0.29) is 18.6 Å². The first-order valence-corrected chi connectivity index (χ1v) is 12.5. The van der Waals surface area contributed by atoms with E-state index in [1.165, 1.54) is 0 Å². The largest absolute Gasteiger partial charge is 0.445 e. The van der Waals surface area contributed by atoms with Crippen molar-refractivity contribution in [2.24, 2.45) is 0 Å². The monoisotopic (exact) mass is 507 g/mol. The van der Waals surface area contributed by atoms with E-state index in [1.807, 2.05) is 66.7 Å². The Kier molecular flexibility index (Phi) is 7.49. The Hall–Kier alpha value is -4.85. The fourth-order valence-electron chi connectivity index (χ4n) is 4.45. The second kappa shape index (κ2) is 11.5. The number of carbonyl (C=O) groups excluding carboxylic acids is 2. The molecule has 0 radical (unpaired) electrons. The van der Waals surface area contributed by atoms with E-state index in [1.54, 1.807) is 30.6 Å². The van der Waals surface area contributed by atoms with Crippen LogP contribution in [0, 0.1) is 0 Å². The number of rotatable bonds is 7. The predicted molar refractivity (Wildman–Crippen MR) is 149 cm³/mol. The highest BCUT2D eigenvalue weighted by atomic mass is 16.5. The van der Waals surface area contributed by atoms with E-state index < -0.39 is 6.09 Å². The lowest BCUT2D eigenvalue weighted by molar-refractivity contribution is 0.102. The third kappa shape index (κ3) is 6.10. The van der Waals surface area contributed by atoms with Crippen molar-refractivity contribution >= 4 is 29.1 Å². The summed E-state index contributed by atoms with van der Waals surface area (Å²) >= 11 is 0. The summed E-state index contributed by atoms with van der Waals surface area (Å²) in [5.41, 5.74) is 11.6.